The van der Waals surface area contributed by atoms with E-state index in [1.54, 1.807) is 14.2 Å². The largest absolute Gasteiger partial charge is 0.497 e. The van der Waals surface area contributed by atoms with Crippen molar-refractivity contribution in [2.24, 2.45) is 11.8 Å². The van der Waals surface area contributed by atoms with Crippen LogP contribution in [0.2, 0.25) is 0 Å². The molecule has 0 aromatic heterocycles. The van der Waals surface area contributed by atoms with E-state index < -0.39 is 17.9 Å². The SMILES string of the molecule is COc1ccc(CCNC(=O)[C@H]2CN(C(=O)O)C[C@@H]2C(=O)NCCc2ccc(OC)cc2)cc1. The second kappa shape index (κ2) is 11.9. The molecule has 1 aliphatic heterocycles. The standard InChI is InChI=1S/C25H31N3O6/c1-33-19-7-3-17(4-8-19)11-13-26-23(29)21-15-28(25(31)32)16-22(21)24(30)27-14-12-18-5-9-20(34-2)10-6-18/h3-10,21-22H,11-16H2,1-2H3,(H,26,29)(H,27,30)(H,31,32)/t21-,22-/m0/s1. The molecule has 3 rings (SSSR count). The summed E-state index contributed by atoms with van der Waals surface area (Å²) in [5, 5.41) is 15.1. The van der Waals surface area contributed by atoms with Gasteiger partial charge < -0.3 is 30.1 Å². The van der Waals surface area contributed by atoms with Gasteiger partial charge in [0.1, 0.15) is 11.5 Å². The Kier molecular flexibility index (Phi) is 8.73. The third-order valence-electron chi connectivity index (χ3n) is 6.01. The Morgan fingerprint density at radius 3 is 1.50 bits per heavy atom. The Hall–Kier alpha value is -3.75. The molecule has 0 radical (unpaired) electrons. The van der Waals surface area contributed by atoms with Gasteiger partial charge in [0.25, 0.3) is 0 Å². The number of carboxylic acid groups (broad SMARTS) is 1. The summed E-state index contributed by atoms with van der Waals surface area (Å²) >= 11 is 0. The number of nitrogens with one attached hydrogen (secondary N) is 2. The molecule has 0 bridgehead atoms. The van der Waals surface area contributed by atoms with Crippen molar-refractivity contribution >= 4 is 17.9 Å². The average Bonchev–Trinajstić information content (AvgIpc) is 3.31. The Morgan fingerprint density at radius 2 is 1.18 bits per heavy atom. The van der Waals surface area contributed by atoms with Gasteiger partial charge in [-0.1, -0.05) is 24.3 Å². The Bertz CT molecular complexity index is 904. The van der Waals surface area contributed by atoms with Gasteiger partial charge in [0.15, 0.2) is 0 Å². The van der Waals surface area contributed by atoms with E-state index in [2.05, 4.69) is 10.6 Å². The average molecular weight is 470 g/mol. The molecule has 0 aliphatic carbocycles. The van der Waals surface area contributed by atoms with Gasteiger partial charge in [-0.25, -0.2) is 4.79 Å². The quantitative estimate of drug-likeness (QED) is 0.490. The first-order valence-corrected chi connectivity index (χ1v) is 11.2. The fourth-order valence-corrected chi connectivity index (χ4v) is 4.00. The van der Waals surface area contributed by atoms with E-state index in [0.717, 1.165) is 27.5 Å². The number of methoxy groups -OCH3 is 2. The van der Waals surface area contributed by atoms with Crippen LogP contribution in [-0.4, -0.2) is 68.3 Å². The van der Waals surface area contributed by atoms with Crippen molar-refractivity contribution in [3.63, 3.8) is 0 Å². The topological polar surface area (TPSA) is 117 Å². The Balaban J connectivity index is 1.52. The molecule has 34 heavy (non-hydrogen) atoms. The van der Waals surface area contributed by atoms with Crippen molar-refractivity contribution in [3.05, 3.63) is 59.7 Å². The molecular weight excluding hydrogens is 438 g/mol. The van der Waals surface area contributed by atoms with Crippen molar-refractivity contribution < 1.29 is 29.0 Å². The lowest BCUT2D eigenvalue weighted by molar-refractivity contribution is -0.132. The van der Waals surface area contributed by atoms with Crippen molar-refractivity contribution in [2.45, 2.75) is 12.8 Å². The Morgan fingerprint density at radius 1 is 0.794 bits per heavy atom. The van der Waals surface area contributed by atoms with E-state index in [9.17, 15) is 19.5 Å². The minimum atomic E-state index is -1.13. The predicted molar refractivity (Wildman–Crippen MR) is 126 cm³/mol. The zero-order chi connectivity index (χ0) is 24.5. The second-order valence-electron chi connectivity index (χ2n) is 8.18. The molecule has 0 spiro atoms. The van der Waals surface area contributed by atoms with Crippen LogP contribution >= 0.6 is 0 Å². The molecule has 0 saturated carbocycles. The third kappa shape index (κ3) is 6.63. The summed E-state index contributed by atoms with van der Waals surface area (Å²) in [7, 11) is 3.20. The summed E-state index contributed by atoms with van der Waals surface area (Å²) in [4.78, 5) is 38.3. The minimum absolute atomic E-state index is 0.000267. The summed E-state index contributed by atoms with van der Waals surface area (Å²) < 4.78 is 10.3. The van der Waals surface area contributed by atoms with Gasteiger partial charge in [-0.3, -0.25) is 9.59 Å². The Labute approximate surface area is 199 Å². The van der Waals surface area contributed by atoms with Gasteiger partial charge in [-0.2, -0.15) is 0 Å². The van der Waals surface area contributed by atoms with E-state index in [0.29, 0.717) is 25.9 Å². The van der Waals surface area contributed by atoms with Gasteiger partial charge >= 0.3 is 6.09 Å². The summed E-state index contributed by atoms with van der Waals surface area (Å²) in [5.41, 5.74) is 2.07. The van der Waals surface area contributed by atoms with E-state index in [4.69, 9.17) is 9.47 Å². The van der Waals surface area contributed by atoms with Crippen LogP contribution in [0.1, 0.15) is 11.1 Å². The van der Waals surface area contributed by atoms with E-state index in [1.165, 1.54) is 0 Å². The number of rotatable bonds is 10. The van der Waals surface area contributed by atoms with Crippen LogP contribution in [0.3, 0.4) is 0 Å². The van der Waals surface area contributed by atoms with E-state index in [-0.39, 0.29) is 24.9 Å². The number of benzene rings is 2. The van der Waals surface area contributed by atoms with Crippen molar-refractivity contribution in [1.82, 2.24) is 15.5 Å². The molecule has 2 aromatic carbocycles. The van der Waals surface area contributed by atoms with Crippen LogP contribution in [0.5, 0.6) is 11.5 Å². The van der Waals surface area contributed by atoms with E-state index >= 15 is 0 Å². The molecule has 182 valence electrons. The molecule has 0 unspecified atom stereocenters. The number of amides is 3. The summed E-state index contributed by atoms with van der Waals surface area (Å²) in [6.45, 7) is 0.779. The molecule has 3 amide bonds. The highest BCUT2D eigenvalue weighted by Gasteiger charge is 2.43. The first-order valence-electron chi connectivity index (χ1n) is 11.2. The lowest BCUT2D eigenvalue weighted by atomic mass is 9.94. The number of ether oxygens (including phenoxy) is 2. The van der Waals surface area contributed by atoms with Gasteiger partial charge in [0, 0.05) is 26.2 Å². The van der Waals surface area contributed by atoms with Crippen molar-refractivity contribution in [3.8, 4) is 11.5 Å². The van der Waals surface area contributed by atoms with Gasteiger partial charge in [0.05, 0.1) is 26.1 Å². The molecule has 1 fully saturated rings. The first kappa shape index (κ1) is 24.9. The van der Waals surface area contributed by atoms with Crippen molar-refractivity contribution in [2.75, 3.05) is 40.4 Å². The maximum atomic E-state index is 12.8. The normalized spacial score (nSPS) is 17.2. The van der Waals surface area contributed by atoms with Crippen LogP contribution in [0.25, 0.3) is 0 Å². The smallest absolute Gasteiger partial charge is 0.407 e. The molecular formula is C25H31N3O6. The highest BCUT2D eigenvalue weighted by atomic mass is 16.5. The molecule has 1 saturated heterocycles. The third-order valence-corrected chi connectivity index (χ3v) is 6.01. The zero-order valence-electron chi connectivity index (χ0n) is 19.5. The summed E-state index contributed by atoms with van der Waals surface area (Å²) in [6.07, 6.45) is 0.0951. The first-order chi connectivity index (χ1) is 16.4. The molecule has 2 aromatic rings. The van der Waals surface area contributed by atoms with E-state index in [1.807, 2.05) is 48.5 Å². The fraction of sp³-hybridized carbons (Fsp3) is 0.400. The number of carbonyl (C=O) groups excluding carboxylic acids is 2. The number of carbonyl (C=O) groups is 3. The minimum Gasteiger partial charge on any atom is -0.497 e. The second-order valence-corrected chi connectivity index (χ2v) is 8.18. The number of likely N-dealkylation sites (tertiary alicyclic amines) is 1. The highest BCUT2D eigenvalue weighted by Crippen LogP contribution is 2.24. The molecule has 9 nitrogen and oxygen atoms in total. The summed E-state index contributed by atoms with van der Waals surface area (Å²) in [5.74, 6) is -0.567. The maximum Gasteiger partial charge on any atom is 0.407 e. The van der Waals surface area contributed by atoms with Gasteiger partial charge in [0.2, 0.25) is 11.8 Å². The molecule has 2 atom stereocenters. The monoisotopic (exact) mass is 469 g/mol. The van der Waals surface area contributed by atoms with Crippen LogP contribution in [-0.2, 0) is 22.4 Å². The highest BCUT2D eigenvalue weighted by molar-refractivity contribution is 5.89. The zero-order valence-corrected chi connectivity index (χ0v) is 19.5. The molecule has 1 heterocycles. The number of hydrogen-bond donors (Lipinski definition) is 3. The molecule has 1 aliphatic rings. The number of nitrogens with zero attached hydrogens (tertiary/aromatic N) is 1. The van der Waals surface area contributed by atoms with Crippen LogP contribution in [0.15, 0.2) is 48.5 Å². The van der Waals surface area contributed by atoms with Gasteiger partial charge in [-0.15, -0.1) is 0 Å². The fourth-order valence-electron chi connectivity index (χ4n) is 4.00. The lowest BCUT2D eigenvalue weighted by Gasteiger charge is -2.17. The predicted octanol–water partition coefficient (Wildman–Crippen LogP) is 1.95. The van der Waals surface area contributed by atoms with Crippen molar-refractivity contribution in [1.29, 1.82) is 0 Å². The van der Waals surface area contributed by atoms with Crippen LogP contribution in [0.4, 0.5) is 4.79 Å². The van der Waals surface area contributed by atoms with Crippen LogP contribution < -0.4 is 20.1 Å². The molecule has 9 heteroatoms. The number of hydrogen-bond acceptors (Lipinski definition) is 5. The maximum absolute atomic E-state index is 12.8. The lowest BCUT2D eigenvalue weighted by Crippen LogP contribution is -2.42. The van der Waals surface area contributed by atoms with Crippen LogP contribution in [0, 0.1) is 11.8 Å². The van der Waals surface area contributed by atoms with Gasteiger partial charge in [-0.05, 0) is 48.2 Å². The molecule has 3 N–H and O–H groups in total. The summed E-state index contributed by atoms with van der Waals surface area (Å²) in [6, 6.07) is 15.1.